The number of rotatable bonds is 5. The number of halogens is 1. The molecule has 3 nitrogen and oxygen atoms in total. The van der Waals surface area contributed by atoms with Crippen LogP contribution in [0, 0.1) is 5.82 Å². The second-order valence-electron chi connectivity index (χ2n) is 6.01. The summed E-state index contributed by atoms with van der Waals surface area (Å²) in [6.07, 6.45) is 3.10. The van der Waals surface area contributed by atoms with Crippen LogP contribution in [0.25, 0.3) is 0 Å². The average molecular weight is 312 g/mol. The summed E-state index contributed by atoms with van der Waals surface area (Å²) in [5.74, 6) is -0.301. The van der Waals surface area contributed by atoms with Gasteiger partial charge in [-0.05, 0) is 43.0 Å². The number of nitrogens with two attached hydrogens (primary N) is 1. The average Bonchev–Trinajstić information content (AvgIpc) is 2.54. The molecular weight excluding hydrogens is 291 g/mol. The van der Waals surface area contributed by atoms with Gasteiger partial charge >= 0.3 is 0 Å². The zero-order valence-electron chi connectivity index (χ0n) is 13.0. The molecule has 23 heavy (non-hydrogen) atoms. The van der Waals surface area contributed by atoms with E-state index in [-0.39, 0.29) is 17.8 Å². The van der Waals surface area contributed by atoms with Gasteiger partial charge in [-0.3, -0.25) is 4.79 Å². The van der Waals surface area contributed by atoms with Crippen molar-refractivity contribution < 1.29 is 9.18 Å². The first kappa shape index (κ1) is 15.7. The van der Waals surface area contributed by atoms with E-state index in [1.807, 2.05) is 12.1 Å². The maximum absolute atomic E-state index is 13.9. The highest BCUT2D eigenvalue weighted by atomic mass is 19.1. The van der Waals surface area contributed by atoms with Crippen LogP contribution < -0.4 is 5.73 Å². The monoisotopic (exact) mass is 312 g/mol. The van der Waals surface area contributed by atoms with E-state index in [4.69, 9.17) is 5.73 Å². The summed E-state index contributed by atoms with van der Waals surface area (Å²) in [4.78, 5) is 14.7. The third kappa shape index (κ3) is 3.42. The van der Waals surface area contributed by atoms with Gasteiger partial charge in [0.2, 0.25) is 0 Å². The van der Waals surface area contributed by atoms with Crippen molar-refractivity contribution >= 4 is 5.91 Å². The predicted octanol–water partition coefficient (Wildman–Crippen LogP) is 3.48. The maximum Gasteiger partial charge on any atom is 0.254 e. The molecule has 0 radical (unpaired) electrons. The molecule has 0 aromatic heterocycles. The van der Waals surface area contributed by atoms with Crippen molar-refractivity contribution in [2.45, 2.75) is 38.4 Å². The van der Waals surface area contributed by atoms with Gasteiger partial charge in [-0.1, -0.05) is 30.3 Å². The Hall–Kier alpha value is -2.20. The molecule has 2 N–H and O–H groups in total. The first-order valence-corrected chi connectivity index (χ1v) is 8.02. The molecule has 3 rings (SSSR count). The van der Waals surface area contributed by atoms with Gasteiger partial charge in [-0.15, -0.1) is 0 Å². The molecule has 4 heteroatoms. The topological polar surface area (TPSA) is 46.3 Å². The Morgan fingerprint density at radius 3 is 2.39 bits per heavy atom. The smallest absolute Gasteiger partial charge is 0.254 e. The summed E-state index contributed by atoms with van der Waals surface area (Å²) >= 11 is 0. The molecule has 120 valence electrons. The van der Waals surface area contributed by atoms with E-state index >= 15 is 0 Å². The van der Waals surface area contributed by atoms with Crippen LogP contribution in [0.5, 0.6) is 0 Å². The normalized spacial score (nSPS) is 14.3. The summed E-state index contributed by atoms with van der Waals surface area (Å²) in [6.45, 7) is 0.769. The van der Waals surface area contributed by atoms with Crippen LogP contribution in [0.3, 0.4) is 0 Å². The minimum atomic E-state index is -0.261. The van der Waals surface area contributed by atoms with Crippen molar-refractivity contribution in [1.29, 1.82) is 0 Å². The standard InChI is InChI=1S/C19H21FN2O/c20-18-7-2-1-4-16(18)13-22(17-5-3-6-17)19(23)15-10-8-14(12-21)9-11-15/h1-2,4,7-11,17H,3,5-6,12-13,21H2. The summed E-state index contributed by atoms with van der Waals surface area (Å²) < 4.78 is 13.9. The number of nitrogens with zero attached hydrogens (tertiary/aromatic N) is 1. The lowest BCUT2D eigenvalue weighted by Gasteiger charge is -2.38. The molecule has 2 aromatic rings. The third-order valence-corrected chi connectivity index (χ3v) is 4.51. The molecule has 0 spiro atoms. The first-order chi connectivity index (χ1) is 11.2. The quantitative estimate of drug-likeness (QED) is 0.919. The van der Waals surface area contributed by atoms with Crippen LogP contribution in [-0.2, 0) is 13.1 Å². The van der Waals surface area contributed by atoms with Crippen molar-refractivity contribution in [2.75, 3.05) is 0 Å². The van der Waals surface area contributed by atoms with Crippen molar-refractivity contribution in [3.63, 3.8) is 0 Å². The fourth-order valence-corrected chi connectivity index (χ4v) is 2.82. The van der Waals surface area contributed by atoms with Gasteiger partial charge in [0, 0.05) is 30.3 Å². The van der Waals surface area contributed by atoms with Crippen LogP contribution in [0.15, 0.2) is 48.5 Å². The predicted molar refractivity (Wildman–Crippen MR) is 88.2 cm³/mol. The number of benzene rings is 2. The molecule has 1 amide bonds. The van der Waals surface area contributed by atoms with Gasteiger partial charge in [0.15, 0.2) is 0 Å². The minimum absolute atomic E-state index is 0.0403. The molecule has 0 unspecified atom stereocenters. The fourth-order valence-electron chi connectivity index (χ4n) is 2.82. The van der Waals surface area contributed by atoms with Gasteiger partial charge in [-0.2, -0.15) is 0 Å². The highest BCUT2D eigenvalue weighted by molar-refractivity contribution is 5.94. The maximum atomic E-state index is 13.9. The Balaban J connectivity index is 1.83. The van der Waals surface area contributed by atoms with Crippen LogP contribution in [-0.4, -0.2) is 16.8 Å². The van der Waals surface area contributed by atoms with E-state index in [0.717, 1.165) is 24.8 Å². The molecular formula is C19H21FN2O. The lowest BCUT2D eigenvalue weighted by Crippen LogP contribution is -2.43. The number of carbonyl (C=O) groups is 1. The van der Waals surface area contributed by atoms with E-state index in [9.17, 15) is 9.18 Å². The van der Waals surface area contributed by atoms with Gasteiger partial charge in [0.1, 0.15) is 5.82 Å². The van der Waals surface area contributed by atoms with E-state index in [1.165, 1.54) is 6.07 Å². The van der Waals surface area contributed by atoms with E-state index in [0.29, 0.717) is 24.2 Å². The Labute approximate surface area is 135 Å². The second-order valence-corrected chi connectivity index (χ2v) is 6.01. The molecule has 0 saturated heterocycles. The zero-order chi connectivity index (χ0) is 16.2. The molecule has 2 aromatic carbocycles. The molecule has 1 fully saturated rings. The van der Waals surface area contributed by atoms with Gasteiger partial charge in [0.25, 0.3) is 5.91 Å². The zero-order valence-corrected chi connectivity index (χ0v) is 13.0. The fraction of sp³-hybridized carbons (Fsp3) is 0.316. The third-order valence-electron chi connectivity index (χ3n) is 4.51. The molecule has 1 saturated carbocycles. The van der Waals surface area contributed by atoms with Crippen molar-refractivity contribution in [3.05, 3.63) is 71.0 Å². The second kappa shape index (κ2) is 6.92. The minimum Gasteiger partial charge on any atom is -0.331 e. The number of amides is 1. The number of carbonyl (C=O) groups excluding carboxylic acids is 1. The molecule has 1 aliphatic rings. The Morgan fingerprint density at radius 1 is 1.13 bits per heavy atom. The highest BCUT2D eigenvalue weighted by Gasteiger charge is 2.30. The van der Waals surface area contributed by atoms with Gasteiger partial charge < -0.3 is 10.6 Å². The molecule has 0 bridgehead atoms. The van der Waals surface area contributed by atoms with E-state index in [2.05, 4.69) is 0 Å². The lowest BCUT2D eigenvalue weighted by atomic mass is 9.90. The molecule has 0 atom stereocenters. The number of hydrogen-bond acceptors (Lipinski definition) is 2. The molecule has 0 aliphatic heterocycles. The lowest BCUT2D eigenvalue weighted by molar-refractivity contribution is 0.0554. The molecule has 1 aliphatic carbocycles. The van der Waals surface area contributed by atoms with E-state index in [1.54, 1.807) is 35.2 Å². The van der Waals surface area contributed by atoms with Crippen LogP contribution >= 0.6 is 0 Å². The first-order valence-electron chi connectivity index (χ1n) is 8.02. The van der Waals surface area contributed by atoms with E-state index < -0.39 is 0 Å². The van der Waals surface area contributed by atoms with Crippen LogP contribution in [0.1, 0.15) is 40.7 Å². The highest BCUT2D eigenvalue weighted by Crippen LogP contribution is 2.28. The van der Waals surface area contributed by atoms with Crippen molar-refractivity contribution in [2.24, 2.45) is 5.73 Å². The molecule has 0 heterocycles. The van der Waals surface area contributed by atoms with Crippen molar-refractivity contribution in [1.82, 2.24) is 4.90 Å². The Bertz CT molecular complexity index is 680. The number of hydrogen-bond donors (Lipinski definition) is 1. The largest absolute Gasteiger partial charge is 0.331 e. The Morgan fingerprint density at radius 2 is 1.83 bits per heavy atom. The van der Waals surface area contributed by atoms with Crippen molar-refractivity contribution in [3.8, 4) is 0 Å². The van der Waals surface area contributed by atoms with Gasteiger partial charge in [0.05, 0.1) is 0 Å². The van der Waals surface area contributed by atoms with Crippen LogP contribution in [0.2, 0.25) is 0 Å². The van der Waals surface area contributed by atoms with Crippen LogP contribution in [0.4, 0.5) is 4.39 Å². The summed E-state index contributed by atoms with van der Waals surface area (Å²) in [5.41, 5.74) is 7.78. The summed E-state index contributed by atoms with van der Waals surface area (Å²) in [7, 11) is 0. The summed E-state index contributed by atoms with van der Waals surface area (Å²) in [6, 6.07) is 14.2. The summed E-state index contributed by atoms with van der Waals surface area (Å²) in [5, 5.41) is 0. The Kier molecular flexibility index (Phi) is 4.72. The van der Waals surface area contributed by atoms with Gasteiger partial charge in [-0.25, -0.2) is 4.39 Å². The SMILES string of the molecule is NCc1ccc(C(=O)N(Cc2ccccc2F)C2CCC2)cc1.